The second kappa shape index (κ2) is 9.76. The molecule has 1 fully saturated rings. The molecule has 0 aromatic heterocycles. The molecule has 2 aromatic carbocycles. The van der Waals surface area contributed by atoms with Crippen molar-refractivity contribution in [3.8, 4) is 0 Å². The van der Waals surface area contributed by atoms with Crippen molar-refractivity contribution in [3.05, 3.63) is 59.1 Å². The highest BCUT2D eigenvalue weighted by molar-refractivity contribution is 6.33. The topological polar surface area (TPSA) is 55.9 Å². The molecule has 1 aliphatic heterocycles. The fraction of sp³-hybridized carbons (Fsp3) is 0.364. The molecule has 1 aliphatic rings. The monoisotopic (exact) mass is 414 g/mol. The first-order valence-electron chi connectivity index (χ1n) is 9.74. The van der Waals surface area contributed by atoms with Gasteiger partial charge in [-0.05, 0) is 36.8 Å². The molecule has 0 unspecified atom stereocenters. The Morgan fingerprint density at radius 3 is 2.48 bits per heavy atom. The number of rotatable bonds is 6. The predicted octanol–water partition coefficient (Wildman–Crippen LogP) is 2.87. The normalized spacial score (nSPS) is 14.5. The van der Waals surface area contributed by atoms with Gasteiger partial charge in [-0.3, -0.25) is 14.5 Å². The lowest BCUT2D eigenvalue weighted by Crippen LogP contribution is -2.50. The third kappa shape index (κ3) is 5.95. The molecule has 1 N–H and O–H groups in total. The van der Waals surface area contributed by atoms with Gasteiger partial charge in [-0.2, -0.15) is 0 Å². The Hall–Kier alpha value is -2.57. The summed E-state index contributed by atoms with van der Waals surface area (Å²) in [6, 6.07) is 15.5. The molecule has 7 heteroatoms. The highest BCUT2D eigenvalue weighted by atomic mass is 35.5. The van der Waals surface area contributed by atoms with Crippen molar-refractivity contribution in [2.24, 2.45) is 0 Å². The Labute approximate surface area is 177 Å². The summed E-state index contributed by atoms with van der Waals surface area (Å²) in [6.45, 7) is 5.81. The number of para-hydroxylation sites is 1. The minimum Gasteiger partial charge on any atom is -0.369 e. The molecule has 0 spiro atoms. The van der Waals surface area contributed by atoms with Crippen molar-refractivity contribution >= 4 is 34.8 Å². The second-order valence-corrected chi connectivity index (χ2v) is 7.79. The van der Waals surface area contributed by atoms with Crippen LogP contribution in [0.5, 0.6) is 0 Å². The quantitative estimate of drug-likeness (QED) is 0.789. The molecule has 29 heavy (non-hydrogen) atoms. The smallest absolute Gasteiger partial charge is 0.244 e. The van der Waals surface area contributed by atoms with Crippen LogP contribution in [0.4, 0.5) is 11.4 Å². The van der Waals surface area contributed by atoms with E-state index in [2.05, 4.69) is 46.3 Å². The van der Waals surface area contributed by atoms with Gasteiger partial charge in [0.05, 0.1) is 23.8 Å². The highest BCUT2D eigenvalue weighted by Gasteiger charge is 2.21. The van der Waals surface area contributed by atoms with Crippen LogP contribution in [-0.4, -0.2) is 67.9 Å². The van der Waals surface area contributed by atoms with E-state index >= 15 is 0 Å². The van der Waals surface area contributed by atoms with Crippen LogP contribution in [0.3, 0.4) is 0 Å². The van der Waals surface area contributed by atoms with Crippen LogP contribution >= 0.6 is 11.6 Å². The Morgan fingerprint density at radius 2 is 1.79 bits per heavy atom. The van der Waals surface area contributed by atoms with Crippen LogP contribution in [0.25, 0.3) is 0 Å². The highest BCUT2D eigenvalue weighted by Crippen LogP contribution is 2.20. The van der Waals surface area contributed by atoms with Gasteiger partial charge in [0, 0.05) is 38.9 Å². The third-order valence-electron chi connectivity index (χ3n) is 5.05. The number of hydrogen-bond donors (Lipinski definition) is 1. The van der Waals surface area contributed by atoms with E-state index in [9.17, 15) is 9.59 Å². The molecule has 0 aliphatic carbocycles. The van der Waals surface area contributed by atoms with Gasteiger partial charge in [-0.25, -0.2) is 0 Å². The summed E-state index contributed by atoms with van der Waals surface area (Å²) in [5, 5.41) is 3.22. The number of anilines is 2. The number of hydrogen-bond acceptors (Lipinski definition) is 4. The molecular formula is C22H27ClN4O2. The number of halogens is 1. The molecule has 0 atom stereocenters. The Bertz CT molecular complexity index is 865. The van der Waals surface area contributed by atoms with Gasteiger partial charge in [0.1, 0.15) is 0 Å². The van der Waals surface area contributed by atoms with E-state index in [4.69, 9.17) is 11.6 Å². The third-order valence-corrected chi connectivity index (χ3v) is 5.38. The number of benzene rings is 2. The van der Waals surface area contributed by atoms with Gasteiger partial charge in [0.2, 0.25) is 11.8 Å². The molecule has 0 bridgehead atoms. The Kier molecular flexibility index (Phi) is 7.12. The van der Waals surface area contributed by atoms with Crippen molar-refractivity contribution in [2.75, 3.05) is 56.5 Å². The lowest BCUT2D eigenvalue weighted by molar-refractivity contribution is -0.134. The number of aryl methyl sites for hydroxylation is 1. The van der Waals surface area contributed by atoms with Crippen molar-refractivity contribution in [2.45, 2.75) is 6.92 Å². The van der Waals surface area contributed by atoms with Crippen molar-refractivity contribution < 1.29 is 9.59 Å². The van der Waals surface area contributed by atoms with Crippen molar-refractivity contribution in [3.63, 3.8) is 0 Å². The minimum absolute atomic E-state index is 0.00663. The number of nitrogens with zero attached hydrogens (tertiary/aromatic N) is 3. The van der Waals surface area contributed by atoms with E-state index in [-0.39, 0.29) is 18.4 Å². The first-order valence-corrected chi connectivity index (χ1v) is 10.1. The molecule has 3 rings (SSSR count). The number of carbonyl (C=O) groups is 2. The summed E-state index contributed by atoms with van der Waals surface area (Å²) >= 11 is 6.05. The minimum atomic E-state index is -0.266. The van der Waals surface area contributed by atoms with Gasteiger partial charge in [0.15, 0.2) is 0 Å². The average molecular weight is 415 g/mol. The van der Waals surface area contributed by atoms with Crippen molar-refractivity contribution in [1.29, 1.82) is 0 Å². The summed E-state index contributed by atoms with van der Waals surface area (Å²) in [4.78, 5) is 30.7. The number of carbonyl (C=O) groups excluding carboxylic acids is 2. The lowest BCUT2D eigenvalue weighted by atomic mass is 10.2. The van der Waals surface area contributed by atoms with Gasteiger partial charge < -0.3 is 15.1 Å². The van der Waals surface area contributed by atoms with Crippen LogP contribution in [0.2, 0.25) is 5.02 Å². The largest absolute Gasteiger partial charge is 0.369 e. The summed E-state index contributed by atoms with van der Waals surface area (Å²) < 4.78 is 0. The molecule has 6 nitrogen and oxygen atoms in total. The van der Waals surface area contributed by atoms with Crippen LogP contribution in [-0.2, 0) is 9.59 Å². The van der Waals surface area contributed by atoms with Gasteiger partial charge in [-0.1, -0.05) is 35.9 Å². The lowest BCUT2D eigenvalue weighted by Gasteiger charge is -2.36. The zero-order chi connectivity index (χ0) is 20.8. The van der Waals surface area contributed by atoms with E-state index in [1.54, 1.807) is 31.3 Å². The van der Waals surface area contributed by atoms with Crippen molar-refractivity contribution in [1.82, 2.24) is 9.80 Å². The molecule has 2 aromatic rings. The zero-order valence-corrected chi connectivity index (χ0v) is 17.7. The average Bonchev–Trinajstić information content (AvgIpc) is 2.70. The van der Waals surface area contributed by atoms with E-state index in [1.165, 1.54) is 16.2 Å². The van der Waals surface area contributed by atoms with Crippen LogP contribution in [0.1, 0.15) is 5.56 Å². The number of nitrogens with one attached hydrogen (secondary N) is 1. The molecular weight excluding hydrogens is 388 g/mol. The first kappa shape index (κ1) is 21.1. The SMILES string of the molecule is Cc1cccc(N2CCN(CC(=O)N(C)CC(=O)Nc3ccccc3Cl)CC2)c1. The zero-order valence-electron chi connectivity index (χ0n) is 16.9. The van der Waals surface area contributed by atoms with Crippen LogP contribution < -0.4 is 10.2 Å². The summed E-state index contributed by atoms with van der Waals surface area (Å²) in [7, 11) is 1.65. The summed E-state index contributed by atoms with van der Waals surface area (Å²) in [5.74, 6) is -0.332. The van der Waals surface area contributed by atoms with E-state index in [0.29, 0.717) is 17.3 Å². The van der Waals surface area contributed by atoms with Crippen LogP contribution in [0.15, 0.2) is 48.5 Å². The molecule has 0 radical (unpaired) electrons. The number of likely N-dealkylation sites (N-methyl/N-ethyl adjacent to an activating group) is 1. The first-order chi connectivity index (χ1) is 13.9. The molecule has 154 valence electrons. The maximum Gasteiger partial charge on any atom is 0.244 e. The number of piperazine rings is 1. The maximum atomic E-state index is 12.5. The molecule has 0 saturated carbocycles. The second-order valence-electron chi connectivity index (χ2n) is 7.38. The standard InChI is InChI=1S/C22H27ClN4O2/c1-17-6-5-7-18(14-17)27-12-10-26(11-13-27)16-22(29)25(2)15-21(28)24-20-9-4-3-8-19(20)23/h3-9,14H,10-13,15-16H2,1-2H3,(H,24,28). The van der Waals surface area contributed by atoms with E-state index < -0.39 is 0 Å². The van der Waals surface area contributed by atoms with Crippen LogP contribution in [0, 0.1) is 6.92 Å². The fourth-order valence-electron chi connectivity index (χ4n) is 3.36. The summed E-state index contributed by atoms with van der Waals surface area (Å²) in [5.41, 5.74) is 3.02. The fourth-order valence-corrected chi connectivity index (χ4v) is 3.54. The Balaban J connectivity index is 1.44. The predicted molar refractivity (Wildman–Crippen MR) is 118 cm³/mol. The van der Waals surface area contributed by atoms with Gasteiger partial charge in [0.25, 0.3) is 0 Å². The molecule has 2 amide bonds. The summed E-state index contributed by atoms with van der Waals surface area (Å²) in [6.07, 6.45) is 0. The number of amides is 2. The maximum absolute atomic E-state index is 12.5. The molecule has 1 heterocycles. The van der Waals surface area contributed by atoms with Gasteiger partial charge in [-0.15, -0.1) is 0 Å². The Morgan fingerprint density at radius 1 is 1.07 bits per heavy atom. The van der Waals surface area contributed by atoms with E-state index in [1.807, 2.05) is 0 Å². The molecule has 1 saturated heterocycles. The van der Waals surface area contributed by atoms with E-state index in [0.717, 1.165) is 26.2 Å². The van der Waals surface area contributed by atoms with Gasteiger partial charge >= 0.3 is 0 Å².